The van der Waals surface area contributed by atoms with Crippen LogP contribution in [0.4, 0.5) is 13.6 Å². The molecule has 1 aliphatic rings. The van der Waals surface area contributed by atoms with E-state index in [0.29, 0.717) is 0 Å². The molecule has 0 atom stereocenters. The third-order valence-electron chi connectivity index (χ3n) is 1.37. The minimum absolute atomic E-state index is 0. The van der Waals surface area contributed by atoms with Crippen LogP contribution in [0.3, 0.4) is 0 Å². The van der Waals surface area contributed by atoms with Gasteiger partial charge in [0.25, 0.3) is 0 Å². The molecule has 13 heavy (non-hydrogen) atoms. The second kappa shape index (κ2) is 11.5. The Hall–Kier alpha value is -0.484. The molecule has 0 saturated carbocycles. The van der Waals surface area contributed by atoms with Crippen LogP contribution < -0.4 is 0 Å². The molecular weight excluding hydrogens is 221 g/mol. The first-order valence-electron chi connectivity index (χ1n) is 3.90. The molecule has 0 spiro atoms. The fourth-order valence-corrected chi connectivity index (χ4v) is 0.874. The van der Waals surface area contributed by atoms with Crippen LogP contribution >= 0.6 is 0 Å². The molecule has 0 aromatic carbocycles. The van der Waals surface area contributed by atoms with E-state index in [0.717, 1.165) is 0 Å². The Morgan fingerprint density at radius 1 is 1.00 bits per heavy atom. The van der Waals surface area contributed by atoms with Crippen molar-refractivity contribution in [2.24, 2.45) is 0 Å². The average molecular weight is 233 g/mol. The predicted octanol–water partition coefficient (Wildman–Crippen LogP) is 3.72. The number of hydrogen-bond donors (Lipinski definition) is 0. The molecule has 1 aliphatic carbocycles. The van der Waals surface area contributed by atoms with Crippen molar-refractivity contribution in [1.29, 1.82) is 0 Å². The summed E-state index contributed by atoms with van der Waals surface area (Å²) in [7, 11) is 0. The fourth-order valence-electron chi connectivity index (χ4n) is 0.874. The Kier molecular flexibility index (Phi) is 13.3. The van der Waals surface area contributed by atoms with Crippen LogP contribution in [0.15, 0.2) is 24.3 Å². The van der Waals surface area contributed by atoms with Gasteiger partial charge in [0, 0.05) is 16.8 Å². The predicted molar refractivity (Wildman–Crippen MR) is 44.4 cm³/mol. The Bertz CT molecular complexity index is 160. The van der Waals surface area contributed by atoms with E-state index in [-0.39, 0.29) is 16.8 Å². The van der Waals surface area contributed by atoms with Crippen molar-refractivity contribution in [2.75, 3.05) is 0 Å². The minimum Gasteiger partial charge on any atom is -0.219 e. The van der Waals surface area contributed by atoms with Crippen LogP contribution in [0.5, 0.6) is 0 Å². The summed E-state index contributed by atoms with van der Waals surface area (Å²) in [4.78, 5) is 8.11. The number of carbonyl (C=O) groups is 1. The fraction of sp³-hybridized carbons (Fsp3) is 0.444. The summed E-state index contributed by atoms with van der Waals surface area (Å²) in [6, 6.07) is 0. The van der Waals surface area contributed by atoms with E-state index in [2.05, 4.69) is 24.3 Å². The second-order valence-electron chi connectivity index (χ2n) is 2.37. The molecule has 0 fully saturated rings. The van der Waals surface area contributed by atoms with Gasteiger partial charge in [-0.25, -0.2) is 4.79 Å². The van der Waals surface area contributed by atoms with Crippen LogP contribution in [0.1, 0.15) is 25.7 Å². The summed E-state index contributed by atoms with van der Waals surface area (Å²) >= 11 is 0. The van der Waals surface area contributed by atoms with Crippen LogP contribution in [0.2, 0.25) is 0 Å². The molecule has 1 radical (unpaired) electrons. The van der Waals surface area contributed by atoms with E-state index < -0.39 is 6.29 Å². The summed E-state index contributed by atoms with van der Waals surface area (Å²) in [5.74, 6) is 0. The minimum atomic E-state index is -2.83. The quantitative estimate of drug-likeness (QED) is 0.583. The molecule has 1 rings (SSSR count). The maximum atomic E-state index is 9.69. The Balaban J connectivity index is 0. The van der Waals surface area contributed by atoms with Crippen molar-refractivity contribution in [3.63, 3.8) is 0 Å². The van der Waals surface area contributed by atoms with E-state index in [9.17, 15) is 8.78 Å². The van der Waals surface area contributed by atoms with Crippen molar-refractivity contribution >= 4 is 6.29 Å². The van der Waals surface area contributed by atoms with Crippen molar-refractivity contribution in [1.82, 2.24) is 0 Å². The van der Waals surface area contributed by atoms with Crippen molar-refractivity contribution in [3.05, 3.63) is 24.3 Å². The van der Waals surface area contributed by atoms with E-state index in [1.165, 1.54) is 25.7 Å². The zero-order valence-electron chi connectivity index (χ0n) is 7.14. The maximum Gasteiger partial charge on any atom is 0.483 e. The summed E-state index contributed by atoms with van der Waals surface area (Å²) in [6.07, 6.45) is 11.2. The Morgan fingerprint density at radius 2 is 1.31 bits per heavy atom. The van der Waals surface area contributed by atoms with Gasteiger partial charge in [-0.2, -0.15) is 0 Å². The molecule has 0 aliphatic heterocycles. The molecule has 0 unspecified atom stereocenters. The average Bonchev–Trinajstić information content (AvgIpc) is 1.82. The Morgan fingerprint density at radius 3 is 1.62 bits per heavy atom. The molecule has 0 heterocycles. The zero-order chi connectivity index (χ0) is 9.23. The van der Waals surface area contributed by atoms with Gasteiger partial charge in [-0.15, -0.1) is 8.78 Å². The molecule has 0 saturated heterocycles. The van der Waals surface area contributed by atoms with Crippen LogP contribution in [0, 0.1) is 0 Å². The van der Waals surface area contributed by atoms with Gasteiger partial charge in [0.15, 0.2) is 0 Å². The van der Waals surface area contributed by atoms with Gasteiger partial charge in [-0.05, 0) is 25.7 Å². The first-order valence-corrected chi connectivity index (χ1v) is 3.90. The summed E-state index contributed by atoms with van der Waals surface area (Å²) in [6.45, 7) is 0. The first-order chi connectivity index (χ1) is 5.73. The standard InChI is InChI=1S/C8H12.CF2O.Co/c1-2-4-6-8-7-5-3-1;2-1(3)4;/h1-4H,5-8H2;;/b3-1-,4-2-;;. The third-order valence-corrected chi connectivity index (χ3v) is 1.37. The number of carbonyl (C=O) groups excluding carboxylic acids is 1. The third kappa shape index (κ3) is 18.5. The molecule has 0 aromatic rings. The maximum absolute atomic E-state index is 9.69. The molecule has 1 nitrogen and oxygen atoms in total. The molecular formula is C9H12CoF2O. The van der Waals surface area contributed by atoms with Crippen LogP contribution in [0.25, 0.3) is 0 Å². The molecule has 0 N–H and O–H groups in total. The smallest absolute Gasteiger partial charge is 0.219 e. The number of halogens is 2. The van der Waals surface area contributed by atoms with E-state index >= 15 is 0 Å². The topological polar surface area (TPSA) is 17.1 Å². The molecule has 77 valence electrons. The van der Waals surface area contributed by atoms with Crippen LogP contribution in [-0.2, 0) is 16.8 Å². The van der Waals surface area contributed by atoms with Crippen molar-refractivity contribution in [3.8, 4) is 0 Å². The van der Waals surface area contributed by atoms with Gasteiger partial charge in [0.05, 0.1) is 0 Å². The molecule has 0 bridgehead atoms. The number of allylic oxidation sites excluding steroid dienone is 4. The first kappa shape index (κ1) is 15.0. The van der Waals surface area contributed by atoms with Gasteiger partial charge in [0.1, 0.15) is 0 Å². The normalized spacial score (nSPS) is 19.2. The van der Waals surface area contributed by atoms with Gasteiger partial charge in [0.2, 0.25) is 0 Å². The largest absolute Gasteiger partial charge is 0.483 e. The monoisotopic (exact) mass is 233 g/mol. The Labute approximate surface area is 87.1 Å². The van der Waals surface area contributed by atoms with Gasteiger partial charge >= 0.3 is 6.29 Å². The van der Waals surface area contributed by atoms with Gasteiger partial charge in [-0.1, -0.05) is 24.3 Å². The summed E-state index contributed by atoms with van der Waals surface area (Å²) in [5, 5.41) is 0. The molecule has 4 heteroatoms. The summed E-state index contributed by atoms with van der Waals surface area (Å²) < 4.78 is 19.4. The second-order valence-corrected chi connectivity index (χ2v) is 2.37. The van der Waals surface area contributed by atoms with Gasteiger partial charge < -0.3 is 0 Å². The van der Waals surface area contributed by atoms with E-state index in [1.807, 2.05) is 0 Å². The number of hydrogen-bond acceptors (Lipinski definition) is 1. The molecule has 0 aromatic heterocycles. The van der Waals surface area contributed by atoms with Gasteiger partial charge in [-0.3, -0.25) is 0 Å². The van der Waals surface area contributed by atoms with E-state index in [4.69, 9.17) is 4.79 Å². The molecule has 0 amide bonds. The number of rotatable bonds is 0. The summed E-state index contributed by atoms with van der Waals surface area (Å²) in [5.41, 5.74) is 0. The van der Waals surface area contributed by atoms with Crippen molar-refractivity contribution < 1.29 is 30.4 Å². The van der Waals surface area contributed by atoms with Crippen molar-refractivity contribution in [2.45, 2.75) is 25.7 Å². The van der Waals surface area contributed by atoms with Crippen LogP contribution in [-0.4, -0.2) is 6.29 Å². The van der Waals surface area contributed by atoms with E-state index in [1.54, 1.807) is 0 Å². The zero-order valence-corrected chi connectivity index (χ0v) is 8.18. The SMILES string of the molecule is C1=C\CCCC\C=C/1.O=C(F)F.[Co].